The molecule has 0 aliphatic rings. The average molecular weight is 255 g/mol. The van der Waals surface area contributed by atoms with Crippen molar-refractivity contribution in [3.63, 3.8) is 0 Å². The number of pyridine rings is 1. The smallest absolute Gasteiger partial charge is 0.101 e. The van der Waals surface area contributed by atoms with E-state index in [0.29, 0.717) is 11.1 Å². The van der Waals surface area contributed by atoms with E-state index in [4.69, 9.17) is 10.5 Å². The molecule has 2 aromatic carbocycles. The molecule has 1 heterocycles. The van der Waals surface area contributed by atoms with Crippen LogP contribution in [0.2, 0.25) is 0 Å². The quantitative estimate of drug-likeness (QED) is 0.666. The first kappa shape index (κ1) is 11.9. The van der Waals surface area contributed by atoms with Crippen LogP contribution in [0.1, 0.15) is 11.1 Å². The maximum Gasteiger partial charge on any atom is 0.101 e. The Bertz CT molecular complexity index is 877. The Morgan fingerprint density at radius 2 is 1.65 bits per heavy atom. The van der Waals surface area contributed by atoms with Crippen molar-refractivity contribution in [2.75, 3.05) is 0 Å². The van der Waals surface area contributed by atoms with Crippen LogP contribution in [0.25, 0.3) is 22.0 Å². The molecule has 3 heteroatoms. The summed E-state index contributed by atoms with van der Waals surface area (Å²) < 4.78 is 0. The Hall–Kier alpha value is -3.17. The Balaban J connectivity index is 2.27. The lowest BCUT2D eigenvalue weighted by molar-refractivity contribution is 1.35. The van der Waals surface area contributed by atoms with Gasteiger partial charge < -0.3 is 0 Å². The van der Waals surface area contributed by atoms with E-state index in [2.05, 4.69) is 11.1 Å². The van der Waals surface area contributed by atoms with Crippen LogP contribution in [0.15, 0.2) is 54.7 Å². The van der Waals surface area contributed by atoms with Crippen molar-refractivity contribution in [1.29, 1.82) is 10.5 Å². The molecule has 0 bridgehead atoms. The van der Waals surface area contributed by atoms with Crippen LogP contribution in [0.5, 0.6) is 0 Å². The third-order valence-corrected chi connectivity index (χ3v) is 3.21. The first-order valence-corrected chi connectivity index (χ1v) is 6.12. The van der Waals surface area contributed by atoms with Gasteiger partial charge in [0.05, 0.1) is 16.8 Å². The van der Waals surface area contributed by atoms with Gasteiger partial charge in [0.15, 0.2) is 0 Å². The molecule has 0 amide bonds. The summed E-state index contributed by atoms with van der Waals surface area (Å²) in [5.41, 5.74) is 2.43. The van der Waals surface area contributed by atoms with Crippen LogP contribution >= 0.6 is 0 Å². The lowest BCUT2D eigenvalue weighted by atomic mass is 10.00. The summed E-state index contributed by atoms with van der Waals surface area (Å²) in [5.74, 6) is 0. The van der Waals surface area contributed by atoms with E-state index >= 15 is 0 Å². The fraction of sp³-hybridized carbons (Fsp3) is 0. The Morgan fingerprint density at radius 1 is 0.850 bits per heavy atom. The summed E-state index contributed by atoms with van der Waals surface area (Å²) in [6.45, 7) is 0. The van der Waals surface area contributed by atoms with Gasteiger partial charge in [-0.15, -0.1) is 0 Å². The van der Waals surface area contributed by atoms with Crippen LogP contribution in [0.4, 0.5) is 0 Å². The van der Waals surface area contributed by atoms with Gasteiger partial charge in [-0.25, -0.2) is 0 Å². The predicted octanol–water partition coefficient (Wildman–Crippen LogP) is 3.65. The minimum Gasteiger partial charge on any atom is -0.256 e. The third-order valence-electron chi connectivity index (χ3n) is 3.21. The van der Waals surface area contributed by atoms with E-state index in [-0.39, 0.29) is 0 Å². The number of nitrogens with zero attached hydrogens (tertiary/aromatic N) is 3. The lowest BCUT2D eigenvalue weighted by Crippen LogP contribution is -1.89. The van der Waals surface area contributed by atoms with Crippen molar-refractivity contribution in [3.8, 4) is 23.4 Å². The van der Waals surface area contributed by atoms with Gasteiger partial charge >= 0.3 is 0 Å². The maximum absolute atomic E-state index is 9.11. The van der Waals surface area contributed by atoms with E-state index < -0.39 is 0 Å². The number of fused-ring (bicyclic) bond motifs is 1. The fourth-order valence-electron chi connectivity index (χ4n) is 2.23. The van der Waals surface area contributed by atoms with E-state index in [9.17, 15) is 0 Å². The minimum absolute atomic E-state index is 0.375. The highest BCUT2D eigenvalue weighted by Crippen LogP contribution is 2.27. The molecule has 0 saturated heterocycles. The second kappa shape index (κ2) is 4.84. The molecule has 0 aliphatic carbocycles. The molecule has 0 spiro atoms. The average Bonchev–Trinajstić information content (AvgIpc) is 2.53. The van der Waals surface area contributed by atoms with Crippen molar-refractivity contribution in [1.82, 2.24) is 4.98 Å². The van der Waals surface area contributed by atoms with Crippen LogP contribution in [0, 0.1) is 22.7 Å². The molecule has 0 atom stereocenters. The second-order valence-corrected chi connectivity index (χ2v) is 4.36. The van der Waals surface area contributed by atoms with Gasteiger partial charge in [-0.1, -0.05) is 30.3 Å². The molecule has 20 heavy (non-hydrogen) atoms. The summed E-state index contributed by atoms with van der Waals surface area (Å²) in [4.78, 5) is 4.42. The van der Waals surface area contributed by atoms with Gasteiger partial charge in [-0.05, 0) is 23.6 Å². The monoisotopic (exact) mass is 255 g/mol. The second-order valence-electron chi connectivity index (χ2n) is 4.36. The number of benzene rings is 2. The van der Waals surface area contributed by atoms with Gasteiger partial charge in [0.2, 0.25) is 0 Å². The molecule has 92 valence electrons. The molecule has 0 unspecified atom stereocenters. The zero-order valence-corrected chi connectivity index (χ0v) is 10.5. The molecular weight excluding hydrogens is 246 g/mol. The van der Waals surface area contributed by atoms with Gasteiger partial charge in [0.25, 0.3) is 0 Å². The highest BCUT2D eigenvalue weighted by molar-refractivity contribution is 5.94. The summed E-state index contributed by atoms with van der Waals surface area (Å²) in [6, 6.07) is 19.2. The molecule has 0 saturated carbocycles. The molecule has 0 N–H and O–H groups in total. The van der Waals surface area contributed by atoms with Crippen LogP contribution < -0.4 is 0 Å². The number of hydrogen-bond acceptors (Lipinski definition) is 3. The number of nitriles is 2. The number of rotatable bonds is 1. The summed E-state index contributed by atoms with van der Waals surface area (Å²) in [6.07, 6.45) is 1.75. The van der Waals surface area contributed by atoms with E-state index in [1.165, 1.54) is 0 Å². The summed E-state index contributed by atoms with van der Waals surface area (Å²) in [7, 11) is 0. The lowest BCUT2D eigenvalue weighted by Gasteiger charge is -2.06. The number of hydrogen-bond donors (Lipinski definition) is 0. The predicted molar refractivity (Wildman–Crippen MR) is 76.6 cm³/mol. The van der Waals surface area contributed by atoms with Gasteiger partial charge in [0.1, 0.15) is 12.1 Å². The van der Waals surface area contributed by atoms with E-state index in [0.717, 1.165) is 22.0 Å². The van der Waals surface area contributed by atoms with Crippen molar-refractivity contribution in [3.05, 3.63) is 65.9 Å². The molecule has 1 aromatic heterocycles. The van der Waals surface area contributed by atoms with Crippen molar-refractivity contribution in [2.45, 2.75) is 0 Å². The SMILES string of the molecule is N#Cc1ccc(-c2nccc3ccccc23)cc1C#N. The minimum atomic E-state index is 0.375. The van der Waals surface area contributed by atoms with Gasteiger partial charge in [-0.2, -0.15) is 10.5 Å². The standard InChI is InChI=1S/C17H9N3/c18-10-14-6-5-13(9-15(14)11-19)17-16-4-2-1-3-12(16)7-8-20-17/h1-9H. The molecular formula is C17H9N3. The summed E-state index contributed by atoms with van der Waals surface area (Å²) in [5, 5.41) is 20.2. The highest BCUT2D eigenvalue weighted by atomic mass is 14.7. The Labute approximate surface area is 116 Å². The fourth-order valence-corrected chi connectivity index (χ4v) is 2.23. The van der Waals surface area contributed by atoms with Crippen LogP contribution in [0.3, 0.4) is 0 Å². The van der Waals surface area contributed by atoms with Crippen LogP contribution in [-0.4, -0.2) is 4.98 Å². The normalized spacial score (nSPS) is 9.90. The topological polar surface area (TPSA) is 60.5 Å². The largest absolute Gasteiger partial charge is 0.256 e. The first-order valence-electron chi connectivity index (χ1n) is 6.12. The zero-order chi connectivity index (χ0) is 13.9. The van der Waals surface area contributed by atoms with E-state index in [1.807, 2.05) is 42.5 Å². The van der Waals surface area contributed by atoms with E-state index in [1.54, 1.807) is 18.3 Å². The van der Waals surface area contributed by atoms with Gasteiger partial charge in [0, 0.05) is 17.1 Å². The molecule has 3 aromatic rings. The Kier molecular flexibility index (Phi) is 2.88. The first-order chi connectivity index (χ1) is 9.83. The summed E-state index contributed by atoms with van der Waals surface area (Å²) >= 11 is 0. The van der Waals surface area contributed by atoms with Crippen molar-refractivity contribution >= 4 is 10.8 Å². The van der Waals surface area contributed by atoms with Crippen molar-refractivity contribution < 1.29 is 0 Å². The third kappa shape index (κ3) is 1.88. The Morgan fingerprint density at radius 3 is 2.45 bits per heavy atom. The maximum atomic E-state index is 9.11. The van der Waals surface area contributed by atoms with Crippen molar-refractivity contribution in [2.24, 2.45) is 0 Å². The van der Waals surface area contributed by atoms with Crippen LogP contribution in [-0.2, 0) is 0 Å². The molecule has 3 nitrogen and oxygen atoms in total. The highest BCUT2D eigenvalue weighted by Gasteiger charge is 2.08. The number of aromatic nitrogens is 1. The molecule has 0 aliphatic heterocycles. The molecule has 0 fully saturated rings. The molecule has 3 rings (SSSR count). The zero-order valence-electron chi connectivity index (χ0n) is 10.5. The molecule has 0 radical (unpaired) electrons. The van der Waals surface area contributed by atoms with Gasteiger partial charge in [-0.3, -0.25) is 4.98 Å².